The van der Waals surface area contributed by atoms with Gasteiger partial charge in [0, 0.05) is 6.42 Å². The van der Waals surface area contributed by atoms with Crippen LogP contribution in [0.25, 0.3) is 0 Å². The third-order valence-electron chi connectivity index (χ3n) is 6.56. The van der Waals surface area contributed by atoms with Crippen molar-refractivity contribution in [1.29, 1.82) is 0 Å². The van der Waals surface area contributed by atoms with Gasteiger partial charge >= 0.3 is 5.97 Å². The normalized spacial score (nSPS) is 22.1. The molecular formula is C25H34O3. The molecule has 2 saturated carbocycles. The van der Waals surface area contributed by atoms with E-state index in [-0.39, 0.29) is 12.3 Å². The summed E-state index contributed by atoms with van der Waals surface area (Å²) in [5.74, 6) is 6.58. The highest BCUT2D eigenvalue weighted by atomic mass is 16.5. The average Bonchev–Trinajstić information content (AvgIpc) is 2.70. The average molecular weight is 383 g/mol. The second-order valence-electron chi connectivity index (χ2n) is 8.73. The summed E-state index contributed by atoms with van der Waals surface area (Å²) in [6.07, 6.45) is 13.2. The van der Waals surface area contributed by atoms with E-state index in [9.17, 15) is 4.79 Å². The Morgan fingerprint density at radius 1 is 1.18 bits per heavy atom. The van der Waals surface area contributed by atoms with Gasteiger partial charge in [-0.05, 0) is 61.1 Å². The first-order valence-corrected chi connectivity index (χ1v) is 11.0. The molecule has 2 unspecified atom stereocenters. The number of benzene rings is 1. The topological polar surface area (TPSA) is 46.5 Å². The van der Waals surface area contributed by atoms with Gasteiger partial charge in [-0.25, -0.2) is 0 Å². The molecule has 2 aliphatic carbocycles. The Kier molecular flexibility index (Phi) is 7.43. The van der Waals surface area contributed by atoms with Gasteiger partial charge in [-0.3, -0.25) is 4.79 Å². The van der Waals surface area contributed by atoms with E-state index in [0.717, 1.165) is 24.3 Å². The Morgan fingerprint density at radius 3 is 2.57 bits per heavy atom. The number of hydrogen-bond acceptors (Lipinski definition) is 2. The van der Waals surface area contributed by atoms with E-state index in [4.69, 9.17) is 9.84 Å². The maximum Gasteiger partial charge on any atom is 0.304 e. The van der Waals surface area contributed by atoms with Crippen molar-refractivity contribution in [2.75, 3.05) is 6.61 Å². The third-order valence-corrected chi connectivity index (χ3v) is 6.56. The van der Waals surface area contributed by atoms with Gasteiger partial charge in [0.2, 0.25) is 0 Å². The standard InChI is InChI=1S/C25H34O3/c1-2-3-9-22(17-24(26)27)21-10-12-23(13-11-21)28-19-20-8-7-16-25(18-20)14-5-4-6-15-25/h10-13,20,22H,2,4-8,14-19H2,1H3,(H,26,27). The van der Waals surface area contributed by atoms with Crippen molar-refractivity contribution in [1.82, 2.24) is 0 Å². The molecule has 0 aromatic heterocycles. The van der Waals surface area contributed by atoms with Crippen LogP contribution in [0.3, 0.4) is 0 Å². The lowest BCUT2D eigenvalue weighted by molar-refractivity contribution is -0.137. The van der Waals surface area contributed by atoms with Crippen molar-refractivity contribution in [2.45, 2.75) is 83.5 Å². The highest BCUT2D eigenvalue weighted by molar-refractivity contribution is 5.69. The molecule has 0 amide bonds. The summed E-state index contributed by atoms with van der Waals surface area (Å²) in [6, 6.07) is 7.88. The van der Waals surface area contributed by atoms with Gasteiger partial charge in [-0.15, -0.1) is 5.92 Å². The van der Waals surface area contributed by atoms with Gasteiger partial charge in [0.1, 0.15) is 5.75 Å². The molecular weight excluding hydrogens is 348 g/mol. The molecule has 0 heterocycles. The zero-order valence-electron chi connectivity index (χ0n) is 17.2. The van der Waals surface area contributed by atoms with Crippen LogP contribution in [-0.2, 0) is 4.79 Å². The fourth-order valence-corrected chi connectivity index (χ4v) is 5.14. The highest BCUT2D eigenvalue weighted by Gasteiger charge is 2.37. The minimum absolute atomic E-state index is 0.0390. The number of aliphatic carboxylic acids is 1. The lowest BCUT2D eigenvalue weighted by Crippen LogP contribution is -2.33. The quantitative estimate of drug-likeness (QED) is 0.598. The SMILES string of the molecule is CCC#CC(CC(=O)O)c1ccc(OCC2CCCC3(CCCCC3)C2)cc1. The van der Waals surface area contributed by atoms with Gasteiger partial charge in [0.25, 0.3) is 0 Å². The van der Waals surface area contributed by atoms with Crippen LogP contribution in [0.15, 0.2) is 24.3 Å². The molecule has 1 aromatic rings. The molecule has 0 bridgehead atoms. The van der Waals surface area contributed by atoms with Crippen molar-refractivity contribution in [3.8, 4) is 17.6 Å². The summed E-state index contributed by atoms with van der Waals surface area (Å²) in [6.45, 7) is 2.78. The minimum Gasteiger partial charge on any atom is -0.493 e. The summed E-state index contributed by atoms with van der Waals surface area (Å²) in [5, 5.41) is 9.14. The second-order valence-corrected chi connectivity index (χ2v) is 8.73. The molecule has 0 radical (unpaired) electrons. The molecule has 152 valence electrons. The summed E-state index contributed by atoms with van der Waals surface area (Å²) in [7, 11) is 0. The highest BCUT2D eigenvalue weighted by Crippen LogP contribution is 2.49. The van der Waals surface area contributed by atoms with Gasteiger partial charge in [0.15, 0.2) is 0 Å². The zero-order chi connectivity index (χ0) is 19.8. The first-order chi connectivity index (χ1) is 13.6. The van der Waals surface area contributed by atoms with Crippen molar-refractivity contribution >= 4 is 5.97 Å². The van der Waals surface area contributed by atoms with Gasteiger partial charge in [-0.1, -0.05) is 50.7 Å². The predicted molar refractivity (Wildman–Crippen MR) is 112 cm³/mol. The number of hydrogen-bond donors (Lipinski definition) is 1. The first-order valence-electron chi connectivity index (χ1n) is 11.0. The number of carboxylic acid groups (broad SMARTS) is 1. The van der Waals surface area contributed by atoms with Crippen molar-refractivity contribution in [3.05, 3.63) is 29.8 Å². The van der Waals surface area contributed by atoms with Crippen LogP contribution in [0.1, 0.15) is 89.0 Å². The smallest absolute Gasteiger partial charge is 0.304 e. The van der Waals surface area contributed by atoms with Crippen molar-refractivity contribution in [3.63, 3.8) is 0 Å². The Hall–Kier alpha value is -1.95. The van der Waals surface area contributed by atoms with Crippen molar-refractivity contribution in [2.24, 2.45) is 11.3 Å². The van der Waals surface area contributed by atoms with E-state index in [0.29, 0.717) is 11.3 Å². The molecule has 3 heteroatoms. The molecule has 1 aromatic carbocycles. The largest absolute Gasteiger partial charge is 0.493 e. The number of carboxylic acids is 1. The van der Waals surface area contributed by atoms with Crippen LogP contribution in [-0.4, -0.2) is 17.7 Å². The molecule has 3 nitrogen and oxygen atoms in total. The monoisotopic (exact) mass is 382 g/mol. The number of carbonyl (C=O) groups is 1. The Bertz CT molecular complexity index is 683. The Labute approximate surface area is 169 Å². The summed E-state index contributed by atoms with van der Waals surface area (Å²) in [4.78, 5) is 11.1. The molecule has 28 heavy (non-hydrogen) atoms. The first kappa shape index (κ1) is 20.8. The molecule has 2 atom stereocenters. The fraction of sp³-hybridized carbons (Fsp3) is 0.640. The summed E-state index contributed by atoms with van der Waals surface area (Å²) >= 11 is 0. The molecule has 1 N–H and O–H groups in total. The van der Waals surface area contributed by atoms with Crippen molar-refractivity contribution < 1.29 is 14.6 Å². The van der Waals surface area contributed by atoms with Crippen LogP contribution < -0.4 is 4.74 Å². The van der Waals surface area contributed by atoms with E-state index in [2.05, 4.69) is 11.8 Å². The maximum absolute atomic E-state index is 11.1. The second kappa shape index (κ2) is 10.0. The number of ether oxygens (including phenoxy) is 1. The third kappa shape index (κ3) is 5.77. The van der Waals surface area contributed by atoms with E-state index >= 15 is 0 Å². The van der Waals surface area contributed by atoms with Gasteiger partial charge in [-0.2, -0.15) is 0 Å². The predicted octanol–water partition coefficient (Wildman–Crippen LogP) is 6.18. The van der Waals surface area contributed by atoms with Gasteiger partial charge in [0.05, 0.1) is 18.9 Å². The van der Waals surface area contributed by atoms with E-state index in [1.165, 1.54) is 57.8 Å². The molecule has 0 saturated heterocycles. The molecule has 1 spiro atoms. The lowest BCUT2D eigenvalue weighted by atomic mass is 9.63. The molecule has 2 fully saturated rings. The number of rotatable bonds is 6. The summed E-state index contributed by atoms with van der Waals surface area (Å²) in [5.41, 5.74) is 1.56. The fourth-order valence-electron chi connectivity index (χ4n) is 5.14. The van der Waals surface area contributed by atoms with Crippen LogP contribution in [0.5, 0.6) is 5.75 Å². The van der Waals surface area contributed by atoms with Crippen LogP contribution >= 0.6 is 0 Å². The van der Waals surface area contributed by atoms with E-state index < -0.39 is 5.97 Å². The van der Waals surface area contributed by atoms with E-state index in [1.807, 2.05) is 31.2 Å². The molecule has 3 rings (SSSR count). The Balaban J connectivity index is 1.55. The van der Waals surface area contributed by atoms with Crippen LogP contribution in [0.4, 0.5) is 0 Å². The van der Waals surface area contributed by atoms with Crippen LogP contribution in [0.2, 0.25) is 0 Å². The maximum atomic E-state index is 11.1. The van der Waals surface area contributed by atoms with Crippen LogP contribution in [0, 0.1) is 23.2 Å². The molecule has 0 aliphatic heterocycles. The summed E-state index contributed by atoms with van der Waals surface area (Å²) < 4.78 is 6.12. The Morgan fingerprint density at radius 2 is 1.89 bits per heavy atom. The molecule has 2 aliphatic rings. The zero-order valence-corrected chi connectivity index (χ0v) is 17.2. The van der Waals surface area contributed by atoms with Gasteiger partial charge < -0.3 is 9.84 Å². The lowest BCUT2D eigenvalue weighted by Gasteiger charge is -2.43. The minimum atomic E-state index is -0.815. The van der Waals surface area contributed by atoms with E-state index in [1.54, 1.807) is 0 Å².